The Hall–Kier alpha value is -2.81. The van der Waals surface area contributed by atoms with Crippen molar-refractivity contribution in [2.75, 3.05) is 32.8 Å². The molecule has 2 fully saturated rings. The minimum Gasteiger partial charge on any atom is -0.490 e. The van der Waals surface area contributed by atoms with Crippen molar-refractivity contribution in [3.8, 4) is 5.75 Å². The first-order chi connectivity index (χ1) is 13.2. The third kappa shape index (κ3) is 3.62. The van der Waals surface area contributed by atoms with Gasteiger partial charge in [-0.3, -0.25) is 9.69 Å². The maximum absolute atomic E-state index is 12.6. The summed E-state index contributed by atoms with van der Waals surface area (Å²) in [6.07, 6.45) is -1.03. The summed E-state index contributed by atoms with van der Waals surface area (Å²) in [4.78, 5) is 40.3. The molecule has 9 heteroatoms. The van der Waals surface area contributed by atoms with Crippen LogP contribution in [0.5, 0.6) is 5.75 Å². The van der Waals surface area contributed by atoms with Crippen LogP contribution in [0.4, 0.5) is 9.59 Å². The zero-order valence-corrected chi connectivity index (χ0v) is 16.3. The molecule has 2 aliphatic rings. The van der Waals surface area contributed by atoms with Gasteiger partial charge in [0.05, 0.1) is 13.1 Å². The molecule has 0 saturated carbocycles. The lowest BCUT2D eigenvalue weighted by Gasteiger charge is -2.34. The van der Waals surface area contributed by atoms with E-state index in [1.165, 1.54) is 9.80 Å². The second-order valence-corrected chi connectivity index (χ2v) is 7.34. The molecular formula is C19H26N4O5. The molecule has 0 radical (unpaired) electrons. The second-order valence-electron chi connectivity index (χ2n) is 7.34. The van der Waals surface area contributed by atoms with Crippen LogP contribution < -0.4 is 10.5 Å². The number of carbonyl (C=O) groups excluding carboxylic acids is 3. The summed E-state index contributed by atoms with van der Waals surface area (Å²) >= 11 is 0. The Morgan fingerprint density at radius 2 is 1.93 bits per heavy atom. The molecule has 0 aromatic heterocycles. The summed E-state index contributed by atoms with van der Waals surface area (Å²) in [6, 6.07) is 2.13. The summed E-state index contributed by atoms with van der Waals surface area (Å²) in [5.41, 5.74) is 8.30. The van der Waals surface area contributed by atoms with Gasteiger partial charge in [-0.1, -0.05) is 12.1 Å². The third-order valence-electron chi connectivity index (χ3n) is 5.41. The number of β-amino-alcohol motifs (C(OH)–C–C–N with tert-alkyl or cyclic N) is 1. The topological polar surface area (TPSA) is 116 Å². The summed E-state index contributed by atoms with van der Waals surface area (Å²) in [5, 5.41) is 10.4. The van der Waals surface area contributed by atoms with Gasteiger partial charge in [-0.05, 0) is 37.5 Å². The van der Waals surface area contributed by atoms with Gasteiger partial charge in [0.25, 0.3) is 5.91 Å². The van der Waals surface area contributed by atoms with Gasteiger partial charge in [0.1, 0.15) is 24.5 Å². The van der Waals surface area contributed by atoms with E-state index in [9.17, 15) is 19.5 Å². The molecule has 5 amide bonds. The Balaban J connectivity index is 1.62. The van der Waals surface area contributed by atoms with Crippen molar-refractivity contribution in [3.63, 3.8) is 0 Å². The molecule has 3 N–H and O–H groups in total. The molecule has 2 atom stereocenters. The van der Waals surface area contributed by atoms with Gasteiger partial charge in [0.15, 0.2) is 0 Å². The van der Waals surface area contributed by atoms with E-state index in [1.54, 1.807) is 0 Å². The van der Waals surface area contributed by atoms with Crippen molar-refractivity contribution in [1.82, 2.24) is 14.7 Å². The van der Waals surface area contributed by atoms with Crippen LogP contribution in [0.25, 0.3) is 0 Å². The van der Waals surface area contributed by atoms with Gasteiger partial charge in [0, 0.05) is 13.1 Å². The summed E-state index contributed by atoms with van der Waals surface area (Å²) < 4.78 is 5.78. The van der Waals surface area contributed by atoms with E-state index >= 15 is 0 Å². The van der Waals surface area contributed by atoms with Gasteiger partial charge in [0.2, 0.25) is 0 Å². The third-order valence-corrected chi connectivity index (χ3v) is 5.41. The first-order valence-electron chi connectivity index (χ1n) is 9.24. The quantitative estimate of drug-likeness (QED) is 0.705. The van der Waals surface area contributed by atoms with Crippen molar-refractivity contribution in [2.45, 2.75) is 32.9 Å². The molecular weight excluding hydrogens is 364 g/mol. The number of nitrogens with zero attached hydrogens (tertiary/aromatic N) is 3. The van der Waals surface area contributed by atoms with Crippen LogP contribution in [0, 0.1) is 20.8 Å². The van der Waals surface area contributed by atoms with Gasteiger partial charge in [-0.2, -0.15) is 0 Å². The molecule has 28 heavy (non-hydrogen) atoms. The predicted molar refractivity (Wildman–Crippen MR) is 101 cm³/mol. The van der Waals surface area contributed by atoms with E-state index < -0.39 is 30.1 Å². The Kier molecular flexibility index (Phi) is 5.46. The van der Waals surface area contributed by atoms with Crippen LogP contribution in [0.2, 0.25) is 0 Å². The number of piperazine rings is 1. The van der Waals surface area contributed by atoms with Gasteiger partial charge < -0.3 is 25.4 Å². The molecule has 0 bridgehead atoms. The monoisotopic (exact) mass is 390 g/mol. The minimum absolute atomic E-state index is 0.0414. The highest BCUT2D eigenvalue weighted by atomic mass is 16.5. The predicted octanol–water partition coefficient (Wildman–Crippen LogP) is 0.379. The number of aliphatic hydroxyl groups excluding tert-OH is 1. The van der Waals surface area contributed by atoms with Crippen molar-refractivity contribution in [1.29, 1.82) is 0 Å². The van der Waals surface area contributed by atoms with Crippen molar-refractivity contribution >= 4 is 18.0 Å². The molecule has 3 rings (SSSR count). The molecule has 0 aliphatic carbocycles. The van der Waals surface area contributed by atoms with Crippen molar-refractivity contribution in [3.05, 3.63) is 28.8 Å². The fourth-order valence-corrected chi connectivity index (χ4v) is 3.61. The molecule has 0 spiro atoms. The number of nitrogens with two attached hydrogens (primary N) is 1. The number of aryl methyl sites for hydroxylation is 2. The lowest BCUT2D eigenvalue weighted by Crippen LogP contribution is -2.55. The van der Waals surface area contributed by atoms with Crippen LogP contribution >= 0.6 is 0 Å². The lowest BCUT2D eigenvalue weighted by molar-refractivity contribution is -0.130. The second kappa shape index (κ2) is 7.67. The average Bonchev–Trinajstić information content (AvgIpc) is 2.89. The van der Waals surface area contributed by atoms with E-state index in [-0.39, 0.29) is 32.8 Å². The number of carbonyl (C=O) groups is 3. The Morgan fingerprint density at radius 3 is 2.61 bits per heavy atom. The van der Waals surface area contributed by atoms with Gasteiger partial charge in [-0.25, -0.2) is 9.59 Å². The minimum atomic E-state index is -1.03. The highest BCUT2D eigenvalue weighted by Crippen LogP contribution is 2.26. The molecule has 1 aromatic rings. The number of imide groups is 1. The van der Waals surface area contributed by atoms with Crippen molar-refractivity contribution < 1.29 is 24.2 Å². The molecule has 1 aromatic carbocycles. The van der Waals surface area contributed by atoms with Crippen molar-refractivity contribution in [2.24, 2.45) is 5.73 Å². The fourth-order valence-electron chi connectivity index (χ4n) is 3.61. The van der Waals surface area contributed by atoms with E-state index in [4.69, 9.17) is 10.5 Å². The van der Waals surface area contributed by atoms with E-state index in [0.29, 0.717) is 5.75 Å². The van der Waals surface area contributed by atoms with Gasteiger partial charge in [-0.15, -0.1) is 0 Å². The standard InChI is InChI=1S/C19H26N4O5/c1-11-4-5-12(2)16(13(11)3)28-10-14(24)8-23-17(25)15-9-21(18(20)26)6-7-22(15)19(23)27/h4-5,14-15,24H,6-10H2,1-3H3,(H2,20,26)/t14-,15+/m0/s1. The molecule has 2 heterocycles. The summed E-state index contributed by atoms with van der Waals surface area (Å²) in [6.45, 7) is 6.24. The Labute approximate surface area is 163 Å². The average molecular weight is 390 g/mol. The normalized spacial score (nSPS) is 20.4. The zero-order chi connectivity index (χ0) is 20.6. The molecule has 2 saturated heterocycles. The maximum Gasteiger partial charge on any atom is 0.327 e. The number of urea groups is 2. The molecule has 0 unspecified atom stereocenters. The largest absolute Gasteiger partial charge is 0.490 e. The lowest BCUT2D eigenvalue weighted by atomic mass is 10.1. The maximum atomic E-state index is 12.6. The van der Waals surface area contributed by atoms with Crippen LogP contribution in [0.15, 0.2) is 12.1 Å². The first kappa shape index (κ1) is 19.9. The number of hydrogen-bond donors (Lipinski definition) is 2. The zero-order valence-electron chi connectivity index (χ0n) is 16.3. The molecule has 152 valence electrons. The Morgan fingerprint density at radius 1 is 1.25 bits per heavy atom. The summed E-state index contributed by atoms with van der Waals surface area (Å²) in [7, 11) is 0. The van der Waals surface area contributed by atoms with E-state index in [0.717, 1.165) is 21.6 Å². The van der Waals surface area contributed by atoms with E-state index in [1.807, 2.05) is 32.9 Å². The van der Waals surface area contributed by atoms with Crippen LogP contribution in [0.1, 0.15) is 16.7 Å². The molecule has 9 nitrogen and oxygen atoms in total. The molecule has 2 aliphatic heterocycles. The number of primary amides is 1. The number of fused-ring (bicyclic) bond motifs is 1. The highest BCUT2D eigenvalue weighted by molar-refractivity contribution is 6.04. The smallest absolute Gasteiger partial charge is 0.327 e. The van der Waals surface area contributed by atoms with E-state index in [2.05, 4.69) is 0 Å². The number of hydrogen-bond acceptors (Lipinski definition) is 5. The number of amides is 5. The highest BCUT2D eigenvalue weighted by Gasteiger charge is 2.48. The first-order valence-corrected chi connectivity index (χ1v) is 9.24. The van der Waals surface area contributed by atoms with Crippen LogP contribution in [0.3, 0.4) is 0 Å². The SMILES string of the molecule is Cc1ccc(C)c(OC[C@@H](O)CN2C(=O)[C@H]3CN(C(N)=O)CCN3C2=O)c1C. The number of rotatable bonds is 5. The fraction of sp³-hybridized carbons (Fsp3) is 0.526. The number of ether oxygens (including phenoxy) is 1. The number of benzene rings is 1. The van der Waals surface area contributed by atoms with Crippen LogP contribution in [-0.2, 0) is 4.79 Å². The summed E-state index contributed by atoms with van der Waals surface area (Å²) in [5.74, 6) is 0.269. The number of aliphatic hydroxyl groups is 1. The van der Waals surface area contributed by atoms with Crippen LogP contribution in [-0.4, -0.2) is 82.7 Å². The Bertz CT molecular complexity index is 812. The van der Waals surface area contributed by atoms with Gasteiger partial charge >= 0.3 is 12.1 Å².